The maximum Gasteiger partial charge on any atom is 0.164 e. The van der Waals surface area contributed by atoms with Gasteiger partial charge in [-0.1, -0.05) is 291 Å². The molecule has 20 aromatic carbocycles. The zero-order chi connectivity index (χ0) is 95.2. The molecule has 28 rings (SSSR count). The fourth-order valence-corrected chi connectivity index (χ4v) is 21.5. The molecule has 28 aromatic rings. The third-order valence-electron chi connectivity index (χ3n) is 26.8. The molecule has 8 aromatic heterocycles. The molecule has 0 N–H and O–H groups in total. The predicted molar refractivity (Wildman–Crippen MR) is 572 cm³/mol. The van der Waals surface area contributed by atoms with Crippen LogP contribution in [0.4, 0.5) is 0 Å². The summed E-state index contributed by atoms with van der Waals surface area (Å²) < 4.78 is 61.9. The summed E-state index contributed by atoms with van der Waals surface area (Å²) in [5, 5.41) is 13.1. The van der Waals surface area contributed by atoms with Crippen molar-refractivity contribution in [2.24, 2.45) is 0 Å². The number of nitrogens with zero attached hydrogens (tertiary/aromatic N) is 10. The molecule has 11 nitrogen and oxygen atoms in total. The van der Waals surface area contributed by atoms with Crippen LogP contribution >= 0.6 is 11.3 Å². The zero-order valence-corrected chi connectivity index (χ0v) is 74.8. The molecule has 0 aliphatic rings. The van der Waals surface area contributed by atoms with E-state index in [0.717, 1.165) is 116 Å². The van der Waals surface area contributed by atoms with Gasteiger partial charge in [0.1, 0.15) is 11.2 Å². The van der Waals surface area contributed by atoms with Gasteiger partial charge in [0.05, 0.1) is 51.0 Å². The molecule has 12 heteroatoms. The monoisotopic (exact) mass is 1780 g/mol. The highest BCUT2D eigenvalue weighted by Gasteiger charge is 2.25. The Kier molecular flexibility index (Phi) is 17.7. The molecule has 0 radical (unpaired) electrons. The lowest BCUT2D eigenvalue weighted by molar-refractivity contribution is 0.669. The second-order valence-corrected chi connectivity index (χ2v) is 35.9. The lowest BCUT2D eigenvalue weighted by Crippen LogP contribution is -2.00. The van der Waals surface area contributed by atoms with E-state index in [1.807, 2.05) is 186 Å². The van der Waals surface area contributed by atoms with E-state index in [-0.39, 0.29) is 17.8 Å². The molecule has 138 heavy (non-hydrogen) atoms. The Balaban J connectivity index is 0.000000143. The van der Waals surface area contributed by atoms with Gasteiger partial charge in [-0.2, -0.15) is 0 Å². The van der Waals surface area contributed by atoms with Gasteiger partial charge < -0.3 is 22.7 Å². The molecule has 8 heterocycles. The Morgan fingerprint density at radius 2 is 0.464 bits per heavy atom. The van der Waals surface area contributed by atoms with E-state index in [9.17, 15) is 0 Å². The topological polar surface area (TPSA) is 110 Å². The molecule has 0 atom stereocenters. The number of hydrogen-bond acceptors (Lipinski definition) is 8. The number of benzene rings is 20. The Morgan fingerprint density at radius 1 is 0.188 bits per heavy atom. The van der Waals surface area contributed by atoms with Gasteiger partial charge in [0, 0.05) is 130 Å². The number of para-hydroxylation sites is 6. The van der Waals surface area contributed by atoms with E-state index < -0.39 is 18.1 Å². The molecular formula is C126H78N10OS. The highest BCUT2D eigenvalue weighted by molar-refractivity contribution is 7.25. The van der Waals surface area contributed by atoms with Crippen molar-refractivity contribution in [2.45, 2.75) is 0 Å². The van der Waals surface area contributed by atoms with Gasteiger partial charge in [0.25, 0.3) is 0 Å². The molecular weight excluding hydrogens is 1700 g/mol. The van der Waals surface area contributed by atoms with E-state index in [1.54, 1.807) is 0 Å². The van der Waals surface area contributed by atoms with Crippen LogP contribution in [0.5, 0.6) is 0 Å². The van der Waals surface area contributed by atoms with Crippen LogP contribution in [0.2, 0.25) is 0 Å². The second kappa shape index (κ2) is 32.8. The molecule has 0 spiro atoms. The number of thiophene rings is 1. The first-order valence-corrected chi connectivity index (χ1v) is 46.9. The van der Waals surface area contributed by atoms with Crippen molar-refractivity contribution in [2.75, 3.05) is 0 Å². The summed E-state index contributed by atoms with van der Waals surface area (Å²) in [6, 6.07) is 153. The van der Waals surface area contributed by atoms with Gasteiger partial charge >= 0.3 is 0 Å². The first kappa shape index (κ1) is 74.2. The van der Waals surface area contributed by atoms with Crippen LogP contribution < -0.4 is 0 Å². The Bertz CT molecular complexity index is 9900. The molecule has 0 saturated carbocycles. The van der Waals surface area contributed by atoms with Crippen LogP contribution in [0.3, 0.4) is 0 Å². The normalized spacial score (nSPS) is 12.3. The van der Waals surface area contributed by atoms with Crippen molar-refractivity contribution in [3.8, 4) is 136 Å². The van der Waals surface area contributed by atoms with Crippen molar-refractivity contribution in [1.82, 2.24) is 48.2 Å². The summed E-state index contributed by atoms with van der Waals surface area (Å²) >= 11 is 1.82. The van der Waals surface area contributed by atoms with Crippen LogP contribution in [0.15, 0.2) is 477 Å². The minimum atomic E-state index is -0.438. The van der Waals surface area contributed by atoms with E-state index in [1.165, 1.54) is 86.0 Å². The summed E-state index contributed by atoms with van der Waals surface area (Å²) in [7, 11) is 0. The number of aromatic nitrogens is 10. The van der Waals surface area contributed by atoms with Gasteiger partial charge in [-0.05, 0) is 226 Å². The highest BCUT2D eigenvalue weighted by Crippen LogP contribution is 2.47. The first-order chi connectivity index (χ1) is 70.4. The fourth-order valence-electron chi connectivity index (χ4n) is 20.4. The summed E-state index contributed by atoms with van der Waals surface area (Å²) in [5.74, 6) is 3.61. The van der Waals surface area contributed by atoms with E-state index >= 15 is 0 Å². The first-order valence-electron chi connectivity index (χ1n) is 48.6. The largest absolute Gasteiger partial charge is 0.456 e. The number of fused-ring (bicyclic) bond motifs is 18. The van der Waals surface area contributed by atoms with Crippen LogP contribution in [-0.4, -0.2) is 48.2 Å². The number of hydrogen-bond donors (Lipinski definition) is 0. The van der Waals surface area contributed by atoms with Gasteiger partial charge in [0.2, 0.25) is 0 Å². The summed E-state index contributed by atoms with van der Waals surface area (Å²) in [4.78, 5) is 30.1. The smallest absolute Gasteiger partial charge is 0.164 e. The van der Waals surface area contributed by atoms with Crippen LogP contribution in [-0.2, 0) is 0 Å². The predicted octanol–water partition coefficient (Wildman–Crippen LogP) is 33.1. The van der Waals surface area contributed by atoms with Crippen LogP contribution in [0.1, 0.15) is 6.85 Å². The maximum atomic E-state index is 9.12. The van der Waals surface area contributed by atoms with Gasteiger partial charge in [-0.3, -0.25) is 0 Å². The van der Waals surface area contributed by atoms with Crippen molar-refractivity contribution >= 4 is 141 Å². The average Bonchev–Trinajstić information content (AvgIpc) is 1.57. The van der Waals surface area contributed by atoms with E-state index in [4.69, 9.17) is 41.2 Å². The lowest BCUT2D eigenvalue weighted by atomic mass is 9.98. The van der Waals surface area contributed by atoms with Crippen LogP contribution in [0.25, 0.3) is 265 Å². The number of rotatable bonds is 14. The highest BCUT2D eigenvalue weighted by atomic mass is 32.1. The zero-order valence-electron chi connectivity index (χ0n) is 78.9. The third kappa shape index (κ3) is 13.6. The maximum absolute atomic E-state index is 9.12. The molecule has 0 saturated heterocycles. The summed E-state index contributed by atoms with van der Waals surface area (Å²) in [6.45, 7) is 0. The minimum Gasteiger partial charge on any atom is -0.456 e. The van der Waals surface area contributed by atoms with Crippen molar-refractivity contribution in [1.29, 1.82) is 0 Å². The molecule has 0 fully saturated rings. The lowest BCUT2D eigenvalue weighted by Gasteiger charge is -2.09. The fraction of sp³-hybridized carbons (Fsp3) is 0. The van der Waals surface area contributed by atoms with E-state index in [2.05, 4.69) is 287 Å². The van der Waals surface area contributed by atoms with Gasteiger partial charge in [0.15, 0.2) is 34.9 Å². The van der Waals surface area contributed by atoms with Gasteiger partial charge in [-0.15, -0.1) is 11.3 Å². The third-order valence-corrected chi connectivity index (χ3v) is 28.0. The molecule has 0 amide bonds. The SMILES string of the molecule is [2H]c1c([2H])c([2H])c(-n2c3ccc(-c4ccc5oc6cccc(-c7nc(-c8ccccc8)nc(-c8ccccc8)n7)c6c5c4)cc3c3cc(-c4ccc5c(c4)c4ccccc4n5-c4ccccc4)ccc32)c([2H])c1[2H].c1ccc(-c2nc(-c3ccccc3)nc(-c3ccc4sc5ccc(-c6ccc7c(c6)c6cc(-c8ccc9c(c8)c8ccccc8n9-c8ccccc8)ccc6n7-c6ccccc6)cc5c4c3)n2)cc1. The minimum absolute atomic E-state index is 0.0923. The Hall–Kier alpha value is -18.4. The molecule has 0 unspecified atom stereocenters. The van der Waals surface area contributed by atoms with Gasteiger partial charge in [-0.25, -0.2) is 29.9 Å². The quantitative estimate of drug-likeness (QED) is 0.107. The second-order valence-electron chi connectivity index (χ2n) is 34.8. The van der Waals surface area contributed by atoms with E-state index in [0.29, 0.717) is 57.1 Å². The van der Waals surface area contributed by atoms with Crippen molar-refractivity contribution in [3.63, 3.8) is 0 Å². The van der Waals surface area contributed by atoms with Crippen LogP contribution in [0, 0.1) is 0 Å². The summed E-state index contributed by atoms with van der Waals surface area (Å²) in [6.07, 6.45) is 0. The Morgan fingerprint density at radius 3 is 0.841 bits per heavy atom. The van der Waals surface area contributed by atoms with Crippen molar-refractivity contribution < 1.29 is 11.3 Å². The standard InChI is InChI=1S/C63H39N5O.C63H39N5S/c1-5-16-40(17-6-1)61-64-62(41-18-7-2-8-19-41)66-63(65-61)49-25-15-27-59-60(49)53-39-45(31-35-58(53)69-59)44-30-34-57-52(38-44)51-37-43(29-33-56(51)68(57)47-22-11-4-12-23-47)42-28-32-55-50(36-42)48-24-13-14-26-54(48)67(55)46-20-9-3-10-21-46;1-5-15-40(16-6-1)61-64-62(41-17-7-2-8-18-41)66-63(65-61)46-29-34-60-54(39-46)53-38-45(28-33-59(53)69-60)44-27-32-58-52(37-44)51-36-43(26-31-57(51)68(58)48-21-11-4-12-22-48)42-25-30-56-50(35-42)49-23-13-14-24-55(49)67(56)47-19-9-3-10-20-47/h2*1-39H/i4D,11D,12D,22D,23D;. The average molecular weight is 1790 g/mol. The van der Waals surface area contributed by atoms with Crippen molar-refractivity contribution in [3.05, 3.63) is 473 Å². The molecule has 0 aliphatic carbocycles. The molecule has 644 valence electrons. The molecule has 0 aliphatic heterocycles. The Labute approximate surface area is 803 Å². The number of furan rings is 1. The molecule has 0 bridgehead atoms. The summed E-state index contributed by atoms with van der Waals surface area (Å²) in [5.41, 5.74) is 27.3.